The molecule has 0 bridgehead atoms. The zero-order valence-electron chi connectivity index (χ0n) is 6.88. The fraction of sp³-hybridized carbons (Fsp3) is 0.111. The highest BCUT2D eigenvalue weighted by Crippen LogP contribution is 2.19. The fourth-order valence-corrected chi connectivity index (χ4v) is 1.54. The van der Waals surface area contributed by atoms with Gasteiger partial charge in [0.05, 0.1) is 16.7 Å². The molecule has 1 aromatic carbocycles. The highest BCUT2D eigenvalue weighted by atomic mass is 79.9. The quantitative estimate of drug-likeness (QED) is 0.723. The van der Waals surface area contributed by atoms with Crippen LogP contribution in [0.15, 0.2) is 22.8 Å². The van der Waals surface area contributed by atoms with Gasteiger partial charge >= 0.3 is 0 Å². The first-order chi connectivity index (χ1) is 6.16. The number of halogens is 2. The summed E-state index contributed by atoms with van der Waals surface area (Å²) in [4.78, 5) is 8.65. The van der Waals surface area contributed by atoms with E-state index in [9.17, 15) is 0 Å². The van der Waals surface area contributed by atoms with Crippen molar-refractivity contribution in [3.8, 4) is 0 Å². The summed E-state index contributed by atoms with van der Waals surface area (Å²) in [6.07, 6.45) is 0. The molecular weight excluding hydrogens is 251 g/mol. The highest BCUT2D eigenvalue weighted by Gasteiger charge is 2.02. The second kappa shape index (κ2) is 3.24. The Labute approximate surface area is 89.1 Å². The summed E-state index contributed by atoms with van der Waals surface area (Å²) >= 11 is 9.16. The van der Waals surface area contributed by atoms with E-state index in [1.807, 2.05) is 19.1 Å². The third-order valence-corrected chi connectivity index (χ3v) is 2.73. The smallest absolute Gasteiger partial charge is 0.128 e. The molecule has 0 spiro atoms. The fourth-order valence-electron chi connectivity index (χ4n) is 1.09. The molecule has 0 radical (unpaired) electrons. The Morgan fingerprint density at radius 1 is 1.23 bits per heavy atom. The summed E-state index contributed by atoms with van der Waals surface area (Å²) < 4.78 is 0.780. The lowest BCUT2D eigenvalue weighted by molar-refractivity contribution is 1.15. The highest BCUT2D eigenvalue weighted by molar-refractivity contribution is 9.10. The van der Waals surface area contributed by atoms with Crippen LogP contribution in [0.1, 0.15) is 5.69 Å². The van der Waals surface area contributed by atoms with Gasteiger partial charge in [-0.25, -0.2) is 9.97 Å². The van der Waals surface area contributed by atoms with Crippen molar-refractivity contribution in [3.05, 3.63) is 33.5 Å². The molecule has 0 atom stereocenters. The normalized spacial score (nSPS) is 10.7. The number of aryl methyl sites for hydroxylation is 1. The maximum atomic E-state index is 5.83. The number of hydrogen-bond donors (Lipinski definition) is 0. The largest absolute Gasteiger partial charge is 0.249 e. The molecule has 0 aliphatic carbocycles. The van der Waals surface area contributed by atoms with Crippen molar-refractivity contribution in [2.75, 3.05) is 0 Å². The van der Waals surface area contributed by atoms with Gasteiger partial charge in [0, 0.05) is 5.02 Å². The van der Waals surface area contributed by atoms with E-state index in [0.717, 1.165) is 21.3 Å². The Kier molecular flexibility index (Phi) is 2.22. The van der Waals surface area contributed by atoms with Crippen molar-refractivity contribution in [1.82, 2.24) is 9.97 Å². The van der Waals surface area contributed by atoms with E-state index in [-0.39, 0.29) is 0 Å². The lowest BCUT2D eigenvalue weighted by atomic mass is 10.3. The van der Waals surface area contributed by atoms with E-state index in [1.165, 1.54) is 0 Å². The van der Waals surface area contributed by atoms with Gasteiger partial charge in [-0.05, 0) is 41.1 Å². The molecule has 66 valence electrons. The van der Waals surface area contributed by atoms with Gasteiger partial charge in [0.1, 0.15) is 4.60 Å². The predicted molar refractivity (Wildman–Crippen MR) is 57.0 cm³/mol. The van der Waals surface area contributed by atoms with Crippen LogP contribution in [-0.4, -0.2) is 9.97 Å². The van der Waals surface area contributed by atoms with Gasteiger partial charge in [-0.15, -0.1) is 0 Å². The predicted octanol–water partition coefficient (Wildman–Crippen LogP) is 3.35. The molecule has 0 N–H and O–H groups in total. The second-order valence-corrected chi connectivity index (χ2v) is 3.92. The first kappa shape index (κ1) is 8.91. The molecule has 0 unspecified atom stereocenters. The lowest BCUT2D eigenvalue weighted by Gasteiger charge is -2.00. The van der Waals surface area contributed by atoms with Crippen molar-refractivity contribution >= 4 is 38.6 Å². The van der Waals surface area contributed by atoms with E-state index >= 15 is 0 Å². The molecule has 2 rings (SSSR count). The Hall–Kier alpha value is -0.670. The maximum absolute atomic E-state index is 5.83. The van der Waals surface area contributed by atoms with Gasteiger partial charge in [-0.2, -0.15) is 0 Å². The van der Waals surface area contributed by atoms with Gasteiger partial charge in [0.2, 0.25) is 0 Å². The molecule has 1 heterocycles. The molecule has 2 nitrogen and oxygen atoms in total. The van der Waals surface area contributed by atoms with Gasteiger partial charge in [0.25, 0.3) is 0 Å². The Morgan fingerprint density at radius 3 is 2.77 bits per heavy atom. The van der Waals surface area contributed by atoms with Crippen molar-refractivity contribution < 1.29 is 0 Å². The molecule has 0 aliphatic rings. The number of benzene rings is 1. The molecule has 2 aromatic rings. The van der Waals surface area contributed by atoms with Crippen LogP contribution in [-0.2, 0) is 0 Å². The van der Waals surface area contributed by atoms with Gasteiger partial charge in [-0.3, -0.25) is 0 Å². The molecule has 4 heteroatoms. The Balaban J connectivity index is 2.81. The van der Waals surface area contributed by atoms with E-state index in [1.54, 1.807) is 6.07 Å². The van der Waals surface area contributed by atoms with Crippen LogP contribution in [0.25, 0.3) is 11.0 Å². The number of hydrogen-bond acceptors (Lipinski definition) is 2. The first-order valence-corrected chi connectivity index (χ1v) is 4.93. The van der Waals surface area contributed by atoms with Crippen LogP contribution >= 0.6 is 27.5 Å². The summed E-state index contributed by atoms with van der Waals surface area (Å²) in [6.45, 7) is 1.90. The van der Waals surface area contributed by atoms with Crippen LogP contribution in [0.4, 0.5) is 0 Å². The van der Waals surface area contributed by atoms with E-state index in [4.69, 9.17) is 11.6 Å². The zero-order valence-corrected chi connectivity index (χ0v) is 9.22. The standard InChI is InChI=1S/C9H6BrClN2/c1-5-9(10)13-7-3-2-6(11)4-8(7)12-5/h2-4H,1H3. The molecule has 1 aromatic heterocycles. The number of fused-ring (bicyclic) bond motifs is 1. The monoisotopic (exact) mass is 256 g/mol. The average Bonchev–Trinajstić information content (AvgIpc) is 2.08. The van der Waals surface area contributed by atoms with Gasteiger partial charge < -0.3 is 0 Å². The number of aromatic nitrogens is 2. The van der Waals surface area contributed by atoms with E-state index in [2.05, 4.69) is 25.9 Å². The topological polar surface area (TPSA) is 25.8 Å². The van der Waals surface area contributed by atoms with Crippen LogP contribution < -0.4 is 0 Å². The summed E-state index contributed by atoms with van der Waals surface area (Å²) in [6, 6.07) is 5.47. The zero-order chi connectivity index (χ0) is 9.42. The SMILES string of the molecule is Cc1nc2cc(Cl)ccc2nc1Br. The average molecular weight is 258 g/mol. The number of nitrogens with zero attached hydrogens (tertiary/aromatic N) is 2. The summed E-state index contributed by atoms with van der Waals surface area (Å²) in [5, 5.41) is 0.684. The van der Waals surface area contributed by atoms with E-state index in [0.29, 0.717) is 5.02 Å². The minimum Gasteiger partial charge on any atom is -0.249 e. The summed E-state index contributed by atoms with van der Waals surface area (Å²) in [5.74, 6) is 0. The summed E-state index contributed by atoms with van der Waals surface area (Å²) in [5.41, 5.74) is 2.55. The molecule has 0 aliphatic heterocycles. The lowest BCUT2D eigenvalue weighted by Crippen LogP contribution is -1.89. The minimum absolute atomic E-state index is 0.684. The van der Waals surface area contributed by atoms with E-state index < -0.39 is 0 Å². The van der Waals surface area contributed by atoms with Crippen LogP contribution in [0, 0.1) is 6.92 Å². The third-order valence-electron chi connectivity index (χ3n) is 1.74. The molecule has 0 fully saturated rings. The molecule has 13 heavy (non-hydrogen) atoms. The summed E-state index contributed by atoms with van der Waals surface area (Å²) in [7, 11) is 0. The maximum Gasteiger partial charge on any atom is 0.128 e. The Bertz CT molecular complexity index is 470. The van der Waals surface area contributed by atoms with Crippen molar-refractivity contribution in [2.45, 2.75) is 6.92 Å². The van der Waals surface area contributed by atoms with Crippen LogP contribution in [0.2, 0.25) is 5.02 Å². The third kappa shape index (κ3) is 1.67. The van der Waals surface area contributed by atoms with Crippen LogP contribution in [0.3, 0.4) is 0 Å². The number of rotatable bonds is 0. The van der Waals surface area contributed by atoms with Crippen molar-refractivity contribution in [3.63, 3.8) is 0 Å². The van der Waals surface area contributed by atoms with Gasteiger partial charge in [-0.1, -0.05) is 11.6 Å². The minimum atomic E-state index is 0.684. The van der Waals surface area contributed by atoms with Crippen molar-refractivity contribution in [2.24, 2.45) is 0 Å². The molecule has 0 saturated heterocycles. The first-order valence-electron chi connectivity index (χ1n) is 3.76. The van der Waals surface area contributed by atoms with Crippen molar-refractivity contribution in [1.29, 1.82) is 0 Å². The van der Waals surface area contributed by atoms with Gasteiger partial charge in [0.15, 0.2) is 0 Å². The molecule has 0 saturated carbocycles. The molecular formula is C9H6BrClN2. The molecule has 0 amide bonds. The second-order valence-electron chi connectivity index (χ2n) is 2.73. The Morgan fingerprint density at radius 2 is 2.00 bits per heavy atom. The van der Waals surface area contributed by atoms with Crippen LogP contribution in [0.5, 0.6) is 0 Å².